The number of nitrogens with one attached hydrogen (secondary N) is 1. The molecule has 0 radical (unpaired) electrons. The topological polar surface area (TPSA) is 69.7 Å². The standard InChI is InChI=1S/C19H19ClF3N3O3S/c20-15-6-2-3-7-16(15)24-18(27)13-25-9-11-26(12-10-25)30(28,29)17-8-4-1-5-14(17)19(21,22)23/h1-8H,9-13H2,(H,24,27). The molecule has 11 heteroatoms. The van der Waals surface area contributed by atoms with E-state index >= 15 is 0 Å². The zero-order valence-electron chi connectivity index (χ0n) is 15.7. The molecule has 1 N–H and O–H groups in total. The predicted octanol–water partition coefficient (Wildman–Crippen LogP) is 3.30. The van der Waals surface area contributed by atoms with Crippen molar-refractivity contribution in [2.45, 2.75) is 11.1 Å². The average Bonchev–Trinajstić information content (AvgIpc) is 2.69. The van der Waals surface area contributed by atoms with Crippen molar-refractivity contribution in [1.29, 1.82) is 0 Å². The fourth-order valence-corrected chi connectivity index (χ4v) is 4.97. The summed E-state index contributed by atoms with van der Waals surface area (Å²) in [7, 11) is -4.31. The second-order valence-corrected chi connectivity index (χ2v) is 9.02. The maximum absolute atomic E-state index is 13.2. The van der Waals surface area contributed by atoms with Gasteiger partial charge in [-0.25, -0.2) is 8.42 Å². The van der Waals surface area contributed by atoms with Crippen LogP contribution in [0.5, 0.6) is 0 Å². The van der Waals surface area contributed by atoms with E-state index in [0.717, 1.165) is 22.5 Å². The Kier molecular flexibility index (Phi) is 6.71. The average molecular weight is 462 g/mol. The number of anilines is 1. The van der Waals surface area contributed by atoms with E-state index in [0.29, 0.717) is 10.7 Å². The number of carbonyl (C=O) groups is 1. The Hall–Kier alpha value is -2.14. The molecule has 0 saturated carbocycles. The van der Waals surface area contributed by atoms with Gasteiger partial charge in [0, 0.05) is 26.2 Å². The van der Waals surface area contributed by atoms with Crippen molar-refractivity contribution < 1.29 is 26.4 Å². The van der Waals surface area contributed by atoms with Gasteiger partial charge < -0.3 is 5.32 Å². The van der Waals surface area contributed by atoms with Crippen molar-refractivity contribution in [2.75, 3.05) is 38.0 Å². The molecule has 162 valence electrons. The summed E-state index contributed by atoms with van der Waals surface area (Å²) in [5, 5.41) is 3.07. The molecule has 2 aromatic carbocycles. The number of sulfonamides is 1. The summed E-state index contributed by atoms with van der Waals surface area (Å²) in [6.07, 6.45) is -4.78. The van der Waals surface area contributed by atoms with Crippen LogP contribution in [-0.2, 0) is 21.0 Å². The van der Waals surface area contributed by atoms with Crippen LogP contribution in [0.4, 0.5) is 18.9 Å². The van der Waals surface area contributed by atoms with Crippen LogP contribution in [-0.4, -0.2) is 56.3 Å². The van der Waals surface area contributed by atoms with Crippen LogP contribution in [0.1, 0.15) is 5.56 Å². The number of rotatable bonds is 5. The van der Waals surface area contributed by atoms with Crippen LogP contribution < -0.4 is 5.32 Å². The Labute approximate surface area is 177 Å². The molecular weight excluding hydrogens is 443 g/mol. The van der Waals surface area contributed by atoms with E-state index in [1.807, 2.05) is 0 Å². The summed E-state index contributed by atoms with van der Waals surface area (Å²) in [4.78, 5) is 13.2. The number of nitrogens with zero attached hydrogens (tertiary/aromatic N) is 2. The third-order valence-electron chi connectivity index (χ3n) is 4.66. The van der Waals surface area contributed by atoms with Crippen LogP contribution in [0.2, 0.25) is 5.02 Å². The van der Waals surface area contributed by atoms with Crippen LogP contribution in [0, 0.1) is 0 Å². The number of amides is 1. The van der Waals surface area contributed by atoms with E-state index in [2.05, 4.69) is 5.32 Å². The van der Waals surface area contributed by atoms with Gasteiger partial charge in [-0.05, 0) is 24.3 Å². The molecule has 1 aliphatic heterocycles. The van der Waals surface area contributed by atoms with Gasteiger partial charge in [-0.2, -0.15) is 17.5 Å². The van der Waals surface area contributed by atoms with Gasteiger partial charge in [0.05, 0.1) is 27.7 Å². The molecule has 6 nitrogen and oxygen atoms in total. The van der Waals surface area contributed by atoms with Crippen LogP contribution >= 0.6 is 11.6 Å². The molecule has 1 saturated heterocycles. The fourth-order valence-electron chi connectivity index (χ4n) is 3.15. The molecular formula is C19H19ClF3N3O3S. The summed E-state index contributed by atoms with van der Waals surface area (Å²) in [6, 6.07) is 10.9. The minimum Gasteiger partial charge on any atom is -0.324 e. The largest absolute Gasteiger partial charge is 0.417 e. The highest BCUT2D eigenvalue weighted by Crippen LogP contribution is 2.35. The van der Waals surface area contributed by atoms with Crippen molar-refractivity contribution >= 4 is 33.2 Å². The second-order valence-electron chi connectivity index (χ2n) is 6.70. The quantitative estimate of drug-likeness (QED) is 0.741. The van der Waals surface area contributed by atoms with E-state index in [1.54, 1.807) is 29.2 Å². The number of hydrogen-bond acceptors (Lipinski definition) is 4. The van der Waals surface area contributed by atoms with E-state index in [-0.39, 0.29) is 38.6 Å². The minimum atomic E-state index is -4.78. The number of halogens is 4. The predicted molar refractivity (Wildman–Crippen MR) is 107 cm³/mol. The number of piperazine rings is 1. The summed E-state index contributed by atoms with van der Waals surface area (Å²) in [6.45, 7) is 0.396. The molecule has 3 rings (SSSR count). The lowest BCUT2D eigenvalue weighted by atomic mass is 10.2. The lowest BCUT2D eigenvalue weighted by molar-refractivity contribution is -0.140. The molecule has 0 aromatic heterocycles. The third kappa shape index (κ3) is 5.12. The van der Waals surface area contributed by atoms with E-state index in [9.17, 15) is 26.4 Å². The number of para-hydroxylation sites is 1. The highest BCUT2D eigenvalue weighted by atomic mass is 35.5. The van der Waals surface area contributed by atoms with E-state index in [4.69, 9.17) is 11.6 Å². The lowest BCUT2D eigenvalue weighted by Crippen LogP contribution is -2.50. The normalized spacial score (nSPS) is 16.4. The third-order valence-corrected chi connectivity index (χ3v) is 6.94. The Morgan fingerprint density at radius 2 is 1.60 bits per heavy atom. The van der Waals surface area contributed by atoms with Crippen LogP contribution in [0.15, 0.2) is 53.4 Å². The first-order chi connectivity index (χ1) is 14.1. The smallest absolute Gasteiger partial charge is 0.324 e. The number of carbonyl (C=O) groups excluding carboxylic acids is 1. The number of hydrogen-bond donors (Lipinski definition) is 1. The van der Waals surface area contributed by atoms with Crippen LogP contribution in [0.3, 0.4) is 0 Å². The molecule has 0 unspecified atom stereocenters. The van der Waals surface area contributed by atoms with Gasteiger partial charge >= 0.3 is 6.18 Å². The fraction of sp³-hybridized carbons (Fsp3) is 0.316. The molecule has 1 amide bonds. The SMILES string of the molecule is O=C(CN1CCN(S(=O)(=O)c2ccccc2C(F)(F)F)CC1)Nc1ccccc1Cl. The first kappa shape index (κ1) is 22.5. The summed E-state index contributed by atoms with van der Waals surface area (Å²) in [5.41, 5.74) is -0.722. The maximum atomic E-state index is 13.2. The molecule has 0 atom stereocenters. The zero-order valence-corrected chi connectivity index (χ0v) is 17.3. The van der Waals surface area contributed by atoms with Crippen molar-refractivity contribution in [3.05, 3.63) is 59.1 Å². The number of benzene rings is 2. The van der Waals surface area contributed by atoms with E-state index < -0.39 is 26.7 Å². The van der Waals surface area contributed by atoms with Gasteiger partial charge in [0.2, 0.25) is 15.9 Å². The van der Waals surface area contributed by atoms with Crippen molar-refractivity contribution in [1.82, 2.24) is 9.21 Å². The van der Waals surface area contributed by atoms with Gasteiger partial charge in [0.25, 0.3) is 0 Å². The van der Waals surface area contributed by atoms with Gasteiger partial charge in [0.15, 0.2) is 0 Å². The zero-order chi connectivity index (χ0) is 21.9. The van der Waals surface area contributed by atoms with Crippen molar-refractivity contribution in [2.24, 2.45) is 0 Å². The van der Waals surface area contributed by atoms with Crippen molar-refractivity contribution in [3.8, 4) is 0 Å². The summed E-state index contributed by atoms with van der Waals surface area (Å²) >= 11 is 6.00. The first-order valence-corrected chi connectivity index (χ1v) is 10.8. The highest BCUT2D eigenvalue weighted by molar-refractivity contribution is 7.89. The molecule has 1 aliphatic rings. The minimum absolute atomic E-state index is 0.0122. The molecule has 0 bridgehead atoms. The highest BCUT2D eigenvalue weighted by Gasteiger charge is 2.39. The van der Waals surface area contributed by atoms with Gasteiger partial charge in [0.1, 0.15) is 0 Å². The van der Waals surface area contributed by atoms with Gasteiger partial charge in [-0.1, -0.05) is 35.9 Å². The Balaban J connectivity index is 1.63. The number of alkyl halides is 3. The monoisotopic (exact) mass is 461 g/mol. The van der Waals surface area contributed by atoms with Crippen molar-refractivity contribution in [3.63, 3.8) is 0 Å². The Morgan fingerprint density at radius 3 is 2.23 bits per heavy atom. The summed E-state index contributed by atoms with van der Waals surface area (Å²) in [5.74, 6) is -0.318. The van der Waals surface area contributed by atoms with Gasteiger partial charge in [-0.15, -0.1) is 0 Å². The van der Waals surface area contributed by atoms with E-state index in [1.165, 1.54) is 6.07 Å². The molecule has 1 fully saturated rings. The molecule has 1 heterocycles. The molecule has 0 spiro atoms. The Bertz CT molecular complexity index is 1020. The first-order valence-electron chi connectivity index (χ1n) is 9.02. The molecule has 2 aromatic rings. The summed E-state index contributed by atoms with van der Waals surface area (Å²) < 4.78 is 66.2. The van der Waals surface area contributed by atoms with Crippen LogP contribution in [0.25, 0.3) is 0 Å². The van der Waals surface area contributed by atoms with Gasteiger partial charge in [-0.3, -0.25) is 9.69 Å². The Morgan fingerprint density at radius 1 is 1.00 bits per heavy atom. The lowest BCUT2D eigenvalue weighted by Gasteiger charge is -2.34. The maximum Gasteiger partial charge on any atom is 0.417 e. The molecule has 0 aliphatic carbocycles. The molecule has 30 heavy (non-hydrogen) atoms. The second kappa shape index (κ2) is 8.93.